The molecule has 1 aromatic carbocycles. The van der Waals surface area contributed by atoms with E-state index in [9.17, 15) is 4.79 Å². The summed E-state index contributed by atoms with van der Waals surface area (Å²) >= 11 is 0. The number of benzene rings is 1. The van der Waals surface area contributed by atoms with Crippen molar-refractivity contribution in [2.45, 2.75) is 25.1 Å². The molecule has 0 spiro atoms. The lowest BCUT2D eigenvalue weighted by Crippen LogP contribution is -2.54. The lowest BCUT2D eigenvalue weighted by molar-refractivity contribution is 0.123. The third kappa shape index (κ3) is 2.13. The summed E-state index contributed by atoms with van der Waals surface area (Å²) in [5.41, 5.74) is 1.01. The summed E-state index contributed by atoms with van der Waals surface area (Å²) in [7, 11) is 0. The third-order valence-corrected chi connectivity index (χ3v) is 3.64. The van der Waals surface area contributed by atoms with Crippen LogP contribution in [0.5, 0.6) is 0 Å². The van der Waals surface area contributed by atoms with Crippen molar-refractivity contribution in [1.82, 2.24) is 10.6 Å². The molecular weight excluding hydrogens is 216 g/mol. The molecule has 3 atom stereocenters. The lowest BCUT2D eigenvalue weighted by atomic mass is 9.80. The van der Waals surface area contributed by atoms with Crippen LogP contribution in [0.15, 0.2) is 30.3 Å². The molecule has 4 rings (SSSR count). The Morgan fingerprint density at radius 1 is 1.41 bits per heavy atom. The topological polar surface area (TPSA) is 50.4 Å². The second-order valence-electron chi connectivity index (χ2n) is 4.74. The van der Waals surface area contributed by atoms with Gasteiger partial charge in [-0.25, -0.2) is 4.79 Å². The molecule has 90 valence electrons. The fraction of sp³-hybridized carbons (Fsp3) is 0.462. The van der Waals surface area contributed by atoms with E-state index in [2.05, 4.69) is 10.6 Å². The van der Waals surface area contributed by atoms with Crippen molar-refractivity contribution < 1.29 is 9.53 Å². The molecule has 0 unspecified atom stereocenters. The van der Waals surface area contributed by atoms with Gasteiger partial charge in [0.25, 0.3) is 0 Å². The smallest absolute Gasteiger partial charge is 0.407 e. The van der Waals surface area contributed by atoms with Crippen LogP contribution in [0.25, 0.3) is 0 Å². The highest BCUT2D eigenvalue weighted by molar-refractivity contribution is 5.68. The molecule has 1 aromatic rings. The van der Waals surface area contributed by atoms with Crippen LogP contribution < -0.4 is 10.6 Å². The average Bonchev–Trinajstić information content (AvgIpc) is 2.98. The Morgan fingerprint density at radius 3 is 2.88 bits per heavy atom. The number of rotatable bonds is 3. The first-order chi connectivity index (χ1) is 8.33. The first-order valence-electron chi connectivity index (χ1n) is 6.03. The number of amides is 1. The van der Waals surface area contributed by atoms with Crippen LogP contribution in [0.3, 0.4) is 0 Å². The van der Waals surface area contributed by atoms with Crippen LogP contribution in [0, 0.1) is 5.92 Å². The van der Waals surface area contributed by atoms with E-state index in [1.54, 1.807) is 0 Å². The Hall–Kier alpha value is -1.55. The number of hydrogen-bond donors (Lipinski definition) is 2. The zero-order valence-electron chi connectivity index (χ0n) is 9.56. The molecule has 4 heteroatoms. The molecule has 3 fully saturated rings. The quantitative estimate of drug-likeness (QED) is 0.825. The van der Waals surface area contributed by atoms with Gasteiger partial charge in [0.15, 0.2) is 0 Å². The molecule has 0 aromatic heterocycles. The average molecular weight is 232 g/mol. The number of ether oxygens (including phenoxy) is 1. The molecule has 0 radical (unpaired) electrons. The van der Waals surface area contributed by atoms with Crippen molar-refractivity contribution in [1.29, 1.82) is 0 Å². The van der Waals surface area contributed by atoms with Crippen LogP contribution in [-0.4, -0.2) is 24.7 Å². The minimum atomic E-state index is -0.308. The van der Waals surface area contributed by atoms with Crippen LogP contribution in [0.2, 0.25) is 0 Å². The van der Waals surface area contributed by atoms with Gasteiger partial charge in [-0.05, 0) is 17.9 Å². The Balaban J connectivity index is 1.45. The lowest BCUT2D eigenvalue weighted by Gasteiger charge is -2.34. The van der Waals surface area contributed by atoms with E-state index in [1.807, 2.05) is 30.3 Å². The van der Waals surface area contributed by atoms with Gasteiger partial charge in [0.1, 0.15) is 6.61 Å². The van der Waals surface area contributed by atoms with Gasteiger partial charge in [-0.3, -0.25) is 0 Å². The summed E-state index contributed by atoms with van der Waals surface area (Å²) < 4.78 is 5.18. The molecule has 1 saturated carbocycles. The highest BCUT2D eigenvalue weighted by atomic mass is 16.5. The maximum atomic E-state index is 11.6. The largest absolute Gasteiger partial charge is 0.445 e. The fourth-order valence-electron chi connectivity index (χ4n) is 2.59. The standard InChI is InChI=1S/C13H16N2O2/c16-13(15-12-10-6-11(12)14-7-10)17-8-9-4-2-1-3-5-9/h1-5,10-12,14H,6-8H2,(H,15,16)/t10-,11+,12+/m1/s1. The molecule has 2 aliphatic heterocycles. The van der Waals surface area contributed by atoms with Gasteiger partial charge in [-0.15, -0.1) is 0 Å². The van der Waals surface area contributed by atoms with Crippen LogP contribution in [0.4, 0.5) is 4.79 Å². The zero-order valence-corrected chi connectivity index (χ0v) is 9.56. The second-order valence-corrected chi connectivity index (χ2v) is 4.74. The van der Waals surface area contributed by atoms with Gasteiger partial charge in [-0.2, -0.15) is 0 Å². The van der Waals surface area contributed by atoms with E-state index in [-0.39, 0.29) is 12.1 Å². The van der Waals surface area contributed by atoms with E-state index in [4.69, 9.17) is 4.74 Å². The summed E-state index contributed by atoms with van der Waals surface area (Å²) in [6, 6.07) is 10.5. The molecule has 2 saturated heterocycles. The Kier molecular flexibility index (Phi) is 2.73. The van der Waals surface area contributed by atoms with Crippen LogP contribution in [0.1, 0.15) is 12.0 Å². The van der Waals surface area contributed by atoms with Gasteiger partial charge in [0.2, 0.25) is 0 Å². The first kappa shape index (κ1) is 10.6. The van der Waals surface area contributed by atoms with Gasteiger partial charge in [0, 0.05) is 12.6 Å². The molecule has 2 heterocycles. The minimum absolute atomic E-state index is 0.276. The van der Waals surface area contributed by atoms with Gasteiger partial charge in [0.05, 0.1) is 6.04 Å². The number of nitrogens with one attached hydrogen (secondary N) is 2. The highest BCUT2D eigenvalue weighted by Crippen LogP contribution is 2.33. The SMILES string of the molecule is O=C(N[C@H]1[C@H]2CN[C@H]1C2)OCc1ccccc1. The minimum Gasteiger partial charge on any atom is -0.445 e. The van der Waals surface area contributed by atoms with Crippen molar-refractivity contribution in [2.75, 3.05) is 6.54 Å². The van der Waals surface area contributed by atoms with Crippen molar-refractivity contribution in [3.63, 3.8) is 0 Å². The summed E-state index contributed by atoms with van der Waals surface area (Å²) in [6.45, 7) is 1.36. The van der Waals surface area contributed by atoms with Crippen molar-refractivity contribution >= 4 is 6.09 Å². The highest BCUT2D eigenvalue weighted by Gasteiger charge is 2.47. The van der Waals surface area contributed by atoms with Gasteiger partial charge < -0.3 is 15.4 Å². The van der Waals surface area contributed by atoms with E-state index < -0.39 is 0 Å². The fourth-order valence-corrected chi connectivity index (χ4v) is 2.59. The molecule has 4 nitrogen and oxygen atoms in total. The molecule has 1 aliphatic carbocycles. The normalized spacial score (nSPS) is 29.5. The summed E-state index contributed by atoms with van der Waals surface area (Å²) in [5, 5.41) is 6.28. The predicted octanol–water partition coefficient (Wildman–Crippen LogP) is 1.27. The number of fused-ring (bicyclic) bond motifs is 1. The number of carbonyl (C=O) groups is 1. The maximum Gasteiger partial charge on any atom is 0.407 e. The monoisotopic (exact) mass is 232 g/mol. The Labute approximate surface area is 100 Å². The van der Waals surface area contributed by atoms with Crippen molar-refractivity contribution in [2.24, 2.45) is 5.92 Å². The molecule has 3 aliphatic rings. The van der Waals surface area contributed by atoms with E-state index >= 15 is 0 Å². The van der Waals surface area contributed by atoms with E-state index in [0.717, 1.165) is 12.1 Å². The van der Waals surface area contributed by atoms with E-state index in [1.165, 1.54) is 6.42 Å². The molecule has 17 heavy (non-hydrogen) atoms. The third-order valence-electron chi connectivity index (χ3n) is 3.64. The summed E-state index contributed by atoms with van der Waals surface area (Å²) in [6.07, 6.45) is 0.876. The number of alkyl carbamates (subject to hydrolysis) is 1. The molecular formula is C13H16N2O2. The Bertz CT molecular complexity index is 393. The van der Waals surface area contributed by atoms with Crippen molar-refractivity contribution in [3.05, 3.63) is 35.9 Å². The van der Waals surface area contributed by atoms with Crippen LogP contribution in [-0.2, 0) is 11.3 Å². The summed E-state index contributed by atoms with van der Waals surface area (Å²) in [4.78, 5) is 11.6. The summed E-state index contributed by atoms with van der Waals surface area (Å²) in [5.74, 6) is 0.601. The first-order valence-corrected chi connectivity index (χ1v) is 6.03. The molecule has 1 amide bonds. The van der Waals surface area contributed by atoms with Gasteiger partial charge in [-0.1, -0.05) is 30.3 Å². The number of hydrogen-bond acceptors (Lipinski definition) is 3. The van der Waals surface area contributed by atoms with Crippen LogP contribution >= 0.6 is 0 Å². The predicted molar refractivity (Wildman–Crippen MR) is 63.4 cm³/mol. The van der Waals surface area contributed by atoms with Gasteiger partial charge >= 0.3 is 6.09 Å². The Morgan fingerprint density at radius 2 is 2.24 bits per heavy atom. The van der Waals surface area contributed by atoms with E-state index in [0.29, 0.717) is 18.6 Å². The zero-order chi connectivity index (χ0) is 11.7. The second kappa shape index (κ2) is 4.37. The van der Waals surface area contributed by atoms with Crippen molar-refractivity contribution in [3.8, 4) is 0 Å². The number of carbonyl (C=O) groups excluding carboxylic acids is 1. The maximum absolute atomic E-state index is 11.6. The molecule has 2 bridgehead atoms. The molecule has 2 N–H and O–H groups in total.